The lowest BCUT2D eigenvalue weighted by atomic mass is 9.89. The molecule has 3 rings (SSSR count). The Kier molecular flexibility index (Phi) is 8.10. The molecule has 0 unspecified atom stereocenters. The highest BCUT2D eigenvalue weighted by Crippen LogP contribution is 2.36. The monoisotopic (exact) mass is 446 g/mol. The smallest absolute Gasteiger partial charge is 0.303 e. The van der Waals surface area contributed by atoms with Crippen LogP contribution in [0.3, 0.4) is 0 Å². The van der Waals surface area contributed by atoms with Crippen LogP contribution in [0.2, 0.25) is 0 Å². The normalized spacial score (nSPS) is 14.7. The number of rotatable bonds is 11. The maximum atomic E-state index is 14.7. The van der Waals surface area contributed by atoms with E-state index in [1.807, 2.05) is 19.9 Å². The van der Waals surface area contributed by atoms with Crippen LogP contribution in [0.15, 0.2) is 24.5 Å². The highest BCUT2D eigenvalue weighted by atomic mass is 19.3. The Balaban J connectivity index is 1.53. The molecule has 1 atom stereocenters. The summed E-state index contributed by atoms with van der Waals surface area (Å²) < 4.78 is 29.4. The van der Waals surface area contributed by atoms with E-state index in [9.17, 15) is 18.7 Å². The first kappa shape index (κ1) is 24.0. The molecular weight excluding hydrogens is 414 g/mol. The van der Waals surface area contributed by atoms with E-state index in [0.717, 1.165) is 30.9 Å². The fourth-order valence-corrected chi connectivity index (χ4v) is 4.04. The van der Waals surface area contributed by atoms with Gasteiger partial charge in [0.25, 0.3) is 0 Å². The standard InChI is InChI=1S/C24H32F2N4O2/c1-16(2)22-28-14-19(15-29-22)18(12-21(31)32)13-24(25,26)10-4-3-7-20-9-8-17-6-5-11-27-23(17)30-20/h8-9,14-16,18H,3-7,10-13H2,1-2H3,(H,27,30)(H,31,32)/t18-/m1/s1. The van der Waals surface area contributed by atoms with Crippen molar-refractivity contribution in [2.24, 2.45) is 0 Å². The van der Waals surface area contributed by atoms with Crippen LogP contribution in [0, 0.1) is 0 Å². The summed E-state index contributed by atoms with van der Waals surface area (Å²) in [5, 5.41) is 12.5. The molecule has 174 valence electrons. The molecule has 0 radical (unpaired) electrons. The summed E-state index contributed by atoms with van der Waals surface area (Å²) >= 11 is 0. The van der Waals surface area contributed by atoms with Gasteiger partial charge in [0, 0.05) is 49.3 Å². The molecule has 2 aromatic heterocycles. The van der Waals surface area contributed by atoms with E-state index in [0.29, 0.717) is 30.7 Å². The number of aliphatic carboxylic acids is 1. The summed E-state index contributed by atoms with van der Waals surface area (Å²) in [7, 11) is 0. The number of alkyl halides is 2. The van der Waals surface area contributed by atoms with E-state index in [4.69, 9.17) is 0 Å². The number of aromatic nitrogens is 3. The fourth-order valence-electron chi connectivity index (χ4n) is 4.04. The van der Waals surface area contributed by atoms with Crippen molar-refractivity contribution in [2.75, 3.05) is 11.9 Å². The number of hydrogen-bond acceptors (Lipinski definition) is 5. The van der Waals surface area contributed by atoms with Gasteiger partial charge in [0.2, 0.25) is 5.92 Å². The minimum Gasteiger partial charge on any atom is -0.481 e. The number of nitrogens with one attached hydrogen (secondary N) is 1. The number of aryl methyl sites for hydroxylation is 2. The molecule has 2 aromatic rings. The number of nitrogens with zero attached hydrogens (tertiary/aromatic N) is 3. The van der Waals surface area contributed by atoms with Crippen LogP contribution in [0.5, 0.6) is 0 Å². The minimum absolute atomic E-state index is 0.115. The van der Waals surface area contributed by atoms with Crippen molar-refractivity contribution in [1.29, 1.82) is 0 Å². The highest BCUT2D eigenvalue weighted by Gasteiger charge is 2.34. The molecular formula is C24H32F2N4O2. The lowest BCUT2D eigenvalue weighted by molar-refractivity contribution is -0.138. The molecule has 6 nitrogen and oxygen atoms in total. The first-order valence-corrected chi connectivity index (χ1v) is 11.4. The third-order valence-electron chi connectivity index (χ3n) is 5.82. The zero-order valence-electron chi connectivity index (χ0n) is 18.8. The van der Waals surface area contributed by atoms with E-state index in [1.165, 1.54) is 18.0 Å². The number of fused-ring (bicyclic) bond motifs is 1. The van der Waals surface area contributed by atoms with Gasteiger partial charge >= 0.3 is 5.97 Å². The van der Waals surface area contributed by atoms with E-state index in [2.05, 4.69) is 26.3 Å². The van der Waals surface area contributed by atoms with E-state index in [-0.39, 0.29) is 18.8 Å². The molecule has 3 heterocycles. The number of hydrogen-bond donors (Lipinski definition) is 2. The number of pyridine rings is 1. The Morgan fingerprint density at radius 3 is 2.66 bits per heavy atom. The topological polar surface area (TPSA) is 88.0 Å². The third-order valence-corrected chi connectivity index (χ3v) is 5.82. The molecule has 0 saturated heterocycles. The summed E-state index contributed by atoms with van der Waals surface area (Å²) in [5.41, 5.74) is 2.57. The minimum atomic E-state index is -2.96. The number of carboxylic acids is 1. The summed E-state index contributed by atoms with van der Waals surface area (Å²) in [4.78, 5) is 24.3. The van der Waals surface area contributed by atoms with E-state index < -0.39 is 24.2 Å². The maximum Gasteiger partial charge on any atom is 0.303 e. The Morgan fingerprint density at radius 1 is 1.22 bits per heavy atom. The molecule has 8 heteroatoms. The fraction of sp³-hybridized carbons (Fsp3) is 0.583. The summed E-state index contributed by atoms with van der Waals surface area (Å²) in [6, 6.07) is 4.05. The molecule has 0 fully saturated rings. The number of anilines is 1. The van der Waals surface area contributed by atoms with Gasteiger partial charge in [0.1, 0.15) is 11.6 Å². The Labute approximate surface area is 187 Å². The van der Waals surface area contributed by atoms with Gasteiger partial charge in [-0.15, -0.1) is 0 Å². The molecule has 0 saturated carbocycles. The van der Waals surface area contributed by atoms with Crippen LogP contribution in [0.25, 0.3) is 0 Å². The van der Waals surface area contributed by atoms with E-state index >= 15 is 0 Å². The van der Waals surface area contributed by atoms with Crippen LogP contribution in [0.1, 0.15) is 86.9 Å². The first-order chi connectivity index (χ1) is 15.2. The van der Waals surface area contributed by atoms with Gasteiger partial charge < -0.3 is 10.4 Å². The zero-order chi connectivity index (χ0) is 23.1. The summed E-state index contributed by atoms with van der Waals surface area (Å²) in [5.74, 6) is -3.24. The van der Waals surface area contributed by atoms with Gasteiger partial charge in [-0.1, -0.05) is 19.9 Å². The predicted molar refractivity (Wildman–Crippen MR) is 119 cm³/mol. The molecule has 2 N–H and O–H groups in total. The lowest BCUT2D eigenvalue weighted by Crippen LogP contribution is -2.22. The molecule has 32 heavy (non-hydrogen) atoms. The van der Waals surface area contributed by atoms with Crippen molar-refractivity contribution in [3.8, 4) is 0 Å². The number of carboxylic acid groups (broad SMARTS) is 1. The zero-order valence-corrected chi connectivity index (χ0v) is 18.8. The van der Waals surface area contributed by atoms with E-state index in [1.54, 1.807) is 0 Å². The van der Waals surface area contributed by atoms with Crippen LogP contribution in [-0.2, 0) is 17.6 Å². The van der Waals surface area contributed by atoms with Crippen LogP contribution >= 0.6 is 0 Å². The van der Waals surface area contributed by atoms with Crippen molar-refractivity contribution in [3.63, 3.8) is 0 Å². The Morgan fingerprint density at radius 2 is 1.97 bits per heavy atom. The quantitative estimate of drug-likeness (QED) is 0.453. The number of unbranched alkanes of at least 4 members (excludes halogenated alkanes) is 1. The molecule has 1 aliphatic heterocycles. The van der Waals surface area contributed by atoms with Gasteiger partial charge in [-0.3, -0.25) is 4.79 Å². The second kappa shape index (κ2) is 10.8. The van der Waals surface area contributed by atoms with Crippen molar-refractivity contribution >= 4 is 11.8 Å². The number of carbonyl (C=O) groups is 1. The van der Waals surface area contributed by atoms with Crippen molar-refractivity contribution in [3.05, 3.63) is 47.2 Å². The third kappa shape index (κ3) is 6.93. The summed E-state index contributed by atoms with van der Waals surface area (Å²) in [6.45, 7) is 4.79. The molecule has 0 amide bonds. The number of halogens is 2. The molecule has 0 aromatic carbocycles. The molecule has 0 bridgehead atoms. The van der Waals surface area contributed by atoms with Crippen LogP contribution in [-0.4, -0.2) is 38.5 Å². The van der Waals surface area contributed by atoms with Crippen molar-refractivity contribution in [2.45, 2.75) is 83.0 Å². The van der Waals surface area contributed by atoms with Crippen LogP contribution in [0.4, 0.5) is 14.6 Å². The van der Waals surface area contributed by atoms with Gasteiger partial charge in [-0.2, -0.15) is 0 Å². The largest absolute Gasteiger partial charge is 0.481 e. The molecule has 0 aliphatic carbocycles. The van der Waals surface area contributed by atoms with Crippen molar-refractivity contribution in [1.82, 2.24) is 15.0 Å². The average molecular weight is 447 g/mol. The second-order valence-corrected chi connectivity index (χ2v) is 8.93. The van der Waals surface area contributed by atoms with Gasteiger partial charge in [-0.05, 0) is 49.3 Å². The van der Waals surface area contributed by atoms with Gasteiger partial charge in [0.05, 0.1) is 6.42 Å². The average Bonchev–Trinajstić information content (AvgIpc) is 2.76. The maximum absolute atomic E-state index is 14.7. The van der Waals surface area contributed by atoms with Crippen LogP contribution < -0.4 is 5.32 Å². The predicted octanol–water partition coefficient (Wildman–Crippen LogP) is 5.35. The Bertz CT molecular complexity index is 903. The molecule has 1 aliphatic rings. The Hall–Kier alpha value is -2.64. The SMILES string of the molecule is CC(C)c1ncc([C@H](CC(=O)O)CC(F)(F)CCCCc2ccc3c(n2)NCCC3)cn1. The second-order valence-electron chi connectivity index (χ2n) is 8.93. The lowest BCUT2D eigenvalue weighted by Gasteiger charge is -2.23. The highest BCUT2D eigenvalue weighted by molar-refractivity contribution is 5.68. The molecule has 0 spiro atoms. The van der Waals surface area contributed by atoms with Crippen molar-refractivity contribution < 1.29 is 18.7 Å². The first-order valence-electron chi connectivity index (χ1n) is 11.4. The summed E-state index contributed by atoms with van der Waals surface area (Å²) in [6.07, 6.45) is 5.52. The van der Waals surface area contributed by atoms with Gasteiger partial charge in [-0.25, -0.2) is 23.7 Å². The van der Waals surface area contributed by atoms with Gasteiger partial charge in [0.15, 0.2) is 0 Å².